The van der Waals surface area contributed by atoms with E-state index in [2.05, 4.69) is 10.6 Å². The van der Waals surface area contributed by atoms with Crippen LogP contribution < -0.4 is 10.6 Å². The Balaban J connectivity index is 2.14. The van der Waals surface area contributed by atoms with Gasteiger partial charge in [-0.05, 0) is 17.7 Å². The van der Waals surface area contributed by atoms with Crippen molar-refractivity contribution in [2.75, 3.05) is 31.5 Å². The molecular weight excluding hydrogens is 264 g/mol. The molecule has 2 rings (SSSR count). The van der Waals surface area contributed by atoms with Gasteiger partial charge >= 0.3 is 0 Å². The number of alkyl halides is 2. The van der Waals surface area contributed by atoms with Crippen molar-refractivity contribution in [1.29, 1.82) is 0 Å². The Kier molecular flexibility index (Phi) is 5.03. The number of carbonyl (C=O) groups excluding carboxylic acids is 1. The number of rotatable bonds is 4. The van der Waals surface area contributed by atoms with Crippen LogP contribution in [0.15, 0.2) is 24.3 Å². The Morgan fingerprint density at radius 3 is 2.35 bits per heavy atom. The largest absolute Gasteiger partial charge is 0.326 e. The Hall–Kier alpha value is -1.53. The number of hydrogen-bond donors (Lipinski definition) is 2. The second-order valence-corrected chi connectivity index (χ2v) is 4.87. The van der Waals surface area contributed by atoms with Gasteiger partial charge < -0.3 is 10.6 Å². The molecule has 1 aromatic rings. The molecule has 1 atom stereocenters. The summed E-state index contributed by atoms with van der Waals surface area (Å²) in [7, 11) is 0. The molecule has 2 N–H and O–H groups in total. The van der Waals surface area contributed by atoms with Crippen LogP contribution in [-0.4, -0.2) is 43.4 Å². The minimum absolute atomic E-state index is 0.176. The van der Waals surface area contributed by atoms with Crippen molar-refractivity contribution < 1.29 is 13.6 Å². The van der Waals surface area contributed by atoms with E-state index in [-0.39, 0.29) is 5.91 Å². The second-order valence-electron chi connectivity index (χ2n) is 4.87. The van der Waals surface area contributed by atoms with Crippen LogP contribution in [0.3, 0.4) is 0 Å². The fraction of sp³-hybridized carbons (Fsp3) is 0.500. The molecule has 1 heterocycles. The monoisotopic (exact) mass is 283 g/mol. The summed E-state index contributed by atoms with van der Waals surface area (Å²) in [6.07, 6.45) is -2.43. The van der Waals surface area contributed by atoms with E-state index < -0.39 is 12.5 Å². The first kappa shape index (κ1) is 14.9. The van der Waals surface area contributed by atoms with Gasteiger partial charge in [0.1, 0.15) is 0 Å². The number of hydrogen-bond acceptors (Lipinski definition) is 3. The molecule has 0 spiro atoms. The average Bonchev–Trinajstić information content (AvgIpc) is 2.41. The van der Waals surface area contributed by atoms with Crippen LogP contribution in [0.5, 0.6) is 0 Å². The number of carbonyl (C=O) groups is 1. The minimum Gasteiger partial charge on any atom is -0.326 e. The molecule has 0 radical (unpaired) electrons. The van der Waals surface area contributed by atoms with Gasteiger partial charge in [-0.2, -0.15) is 0 Å². The van der Waals surface area contributed by atoms with Gasteiger partial charge in [0, 0.05) is 38.8 Å². The molecule has 1 fully saturated rings. The van der Waals surface area contributed by atoms with E-state index >= 15 is 0 Å². The highest BCUT2D eigenvalue weighted by molar-refractivity contribution is 5.88. The maximum absolute atomic E-state index is 13.3. The first-order chi connectivity index (χ1) is 9.58. The van der Waals surface area contributed by atoms with Crippen molar-refractivity contribution in [1.82, 2.24) is 10.2 Å². The Labute approximate surface area is 117 Å². The number of nitrogens with one attached hydrogen (secondary N) is 2. The lowest BCUT2D eigenvalue weighted by Gasteiger charge is -2.34. The maximum atomic E-state index is 13.3. The molecule has 1 saturated heterocycles. The first-order valence-electron chi connectivity index (χ1n) is 6.68. The van der Waals surface area contributed by atoms with Crippen LogP contribution in [0.4, 0.5) is 14.5 Å². The molecule has 0 saturated carbocycles. The minimum atomic E-state index is -2.43. The van der Waals surface area contributed by atoms with Crippen molar-refractivity contribution in [3.8, 4) is 0 Å². The normalized spacial score (nSPS) is 18.0. The number of anilines is 1. The Bertz CT molecular complexity index is 444. The molecule has 4 nitrogen and oxygen atoms in total. The molecule has 0 aliphatic carbocycles. The lowest BCUT2D eigenvalue weighted by molar-refractivity contribution is -0.114. The van der Waals surface area contributed by atoms with E-state index in [1.165, 1.54) is 6.92 Å². The maximum Gasteiger partial charge on any atom is 0.258 e. The Morgan fingerprint density at radius 2 is 1.85 bits per heavy atom. The van der Waals surface area contributed by atoms with E-state index in [4.69, 9.17) is 0 Å². The third-order valence-corrected chi connectivity index (χ3v) is 3.36. The summed E-state index contributed by atoms with van der Waals surface area (Å²) in [5.74, 6) is -0.176. The van der Waals surface area contributed by atoms with Crippen LogP contribution >= 0.6 is 0 Å². The highest BCUT2D eigenvalue weighted by Gasteiger charge is 2.29. The predicted octanol–water partition coefficient (Wildman–Crippen LogP) is 1.86. The topological polar surface area (TPSA) is 44.4 Å². The van der Waals surface area contributed by atoms with Gasteiger partial charge in [0.05, 0.1) is 6.04 Å². The lowest BCUT2D eigenvalue weighted by atomic mass is 10.0. The number of amides is 1. The van der Waals surface area contributed by atoms with Gasteiger partial charge in [0.2, 0.25) is 5.91 Å². The summed E-state index contributed by atoms with van der Waals surface area (Å²) in [5.41, 5.74) is 1.20. The molecule has 1 amide bonds. The number of piperazine rings is 1. The van der Waals surface area contributed by atoms with Gasteiger partial charge in [0.15, 0.2) is 0 Å². The molecule has 20 heavy (non-hydrogen) atoms. The summed E-state index contributed by atoms with van der Waals surface area (Å²) >= 11 is 0. The molecule has 0 bridgehead atoms. The smallest absolute Gasteiger partial charge is 0.258 e. The lowest BCUT2D eigenvalue weighted by Crippen LogP contribution is -2.46. The van der Waals surface area contributed by atoms with Crippen LogP contribution in [0, 0.1) is 0 Å². The van der Waals surface area contributed by atoms with Crippen LogP contribution in [0.2, 0.25) is 0 Å². The fourth-order valence-electron chi connectivity index (χ4n) is 2.44. The standard InChI is InChI=1S/C14H19F2N3O/c1-10(20)18-12-4-2-11(3-5-12)13(14(15)16)19-8-6-17-7-9-19/h2-5,13-14,17H,6-9H2,1H3,(H,18,20)/t13-/m0/s1. The zero-order valence-corrected chi connectivity index (χ0v) is 11.4. The van der Waals surface area contributed by atoms with Crippen LogP contribution in [0.25, 0.3) is 0 Å². The second kappa shape index (κ2) is 6.76. The van der Waals surface area contributed by atoms with Gasteiger partial charge in [-0.15, -0.1) is 0 Å². The predicted molar refractivity (Wildman–Crippen MR) is 73.9 cm³/mol. The molecule has 0 aromatic heterocycles. The van der Waals surface area contributed by atoms with Crippen molar-refractivity contribution in [3.63, 3.8) is 0 Å². The van der Waals surface area contributed by atoms with Crippen LogP contribution in [-0.2, 0) is 4.79 Å². The van der Waals surface area contributed by atoms with Crippen molar-refractivity contribution in [2.45, 2.75) is 19.4 Å². The first-order valence-corrected chi connectivity index (χ1v) is 6.68. The van der Waals surface area contributed by atoms with Gasteiger partial charge in [0.25, 0.3) is 6.43 Å². The summed E-state index contributed by atoms with van der Waals surface area (Å²) in [6, 6.07) is 5.75. The van der Waals surface area contributed by atoms with Gasteiger partial charge in [-0.3, -0.25) is 9.69 Å². The molecule has 1 aliphatic heterocycles. The molecule has 110 valence electrons. The molecule has 0 unspecified atom stereocenters. The third kappa shape index (κ3) is 3.74. The van der Waals surface area contributed by atoms with Gasteiger partial charge in [-0.25, -0.2) is 8.78 Å². The summed E-state index contributed by atoms with van der Waals surface area (Å²) in [4.78, 5) is 12.7. The summed E-state index contributed by atoms with van der Waals surface area (Å²) in [5, 5.41) is 5.79. The highest BCUT2D eigenvalue weighted by atomic mass is 19.3. The molecular formula is C14H19F2N3O. The third-order valence-electron chi connectivity index (χ3n) is 3.36. The van der Waals surface area contributed by atoms with Crippen LogP contribution in [0.1, 0.15) is 18.5 Å². The summed E-state index contributed by atoms with van der Waals surface area (Å²) in [6.45, 7) is 4.10. The van der Waals surface area contributed by atoms with Crippen molar-refractivity contribution >= 4 is 11.6 Å². The zero-order valence-electron chi connectivity index (χ0n) is 11.4. The van der Waals surface area contributed by atoms with E-state index in [9.17, 15) is 13.6 Å². The van der Waals surface area contributed by atoms with Gasteiger partial charge in [-0.1, -0.05) is 12.1 Å². The molecule has 1 aliphatic rings. The van der Waals surface area contributed by atoms with Crippen molar-refractivity contribution in [3.05, 3.63) is 29.8 Å². The quantitative estimate of drug-likeness (QED) is 0.886. The fourth-order valence-corrected chi connectivity index (χ4v) is 2.44. The SMILES string of the molecule is CC(=O)Nc1ccc([C@@H](C(F)F)N2CCNCC2)cc1. The highest BCUT2D eigenvalue weighted by Crippen LogP contribution is 2.28. The van der Waals surface area contributed by atoms with Crippen molar-refractivity contribution in [2.24, 2.45) is 0 Å². The van der Waals surface area contributed by atoms with E-state index in [1.807, 2.05) is 0 Å². The molecule has 1 aromatic carbocycles. The zero-order chi connectivity index (χ0) is 14.5. The van der Waals surface area contributed by atoms with E-state index in [0.717, 1.165) is 13.1 Å². The average molecular weight is 283 g/mol. The number of halogens is 2. The number of nitrogens with zero attached hydrogens (tertiary/aromatic N) is 1. The molecule has 6 heteroatoms. The van der Waals surface area contributed by atoms with E-state index in [1.54, 1.807) is 29.2 Å². The number of benzene rings is 1. The van der Waals surface area contributed by atoms with E-state index in [0.29, 0.717) is 24.3 Å². The Morgan fingerprint density at radius 1 is 1.25 bits per heavy atom. The summed E-state index contributed by atoms with van der Waals surface area (Å²) < 4.78 is 26.7.